The van der Waals surface area contributed by atoms with Gasteiger partial charge in [0.25, 0.3) is 0 Å². The second kappa shape index (κ2) is 3.21. The van der Waals surface area contributed by atoms with Crippen molar-refractivity contribution in [1.82, 2.24) is 0 Å². The number of rotatable bonds is 2. The van der Waals surface area contributed by atoms with Crippen molar-refractivity contribution in [3.8, 4) is 0 Å². The zero-order valence-electron chi connectivity index (χ0n) is 4.68. The molecule has 0 saturated carbocycles. The molecule has 3 heteroatoms. The first-order valence-corrected chi connectivity index (χ1v) is 2.26. The van der Waals surface area contributed by atoms with Gasteiger partial charge in [-0.05, 0) is 6.42 Å². The maximum Gasteiger partial charge on any atom is 0.368 e. The van der Waals surface area contributed by atoms with Crippen molar-refractivity contribution >= 4 is 5.97 Å². The van der Waals surface area contributed by atoms with Gasteiger partial charge in [0, 0.05) is 5.57 Å². The Morgan fingerprint density at radius 1 is 1.88 bits per heavy atom. The highest BCUT2D eigenvalue weighted by molar-refractivity contribution is 5.86. The minimum absolute atomic E-state index is 0.271. The molecule has 0 rings (SSSR count). The van der Waals surface area contributed by atoms with Crippen LogP contribution < -0.4 is 0 Å². The number of carbonyl (C=O) groups is 1. The van der Waals surface area contributed by atoms with Crippen LogP contribution in [0, 0.1) is 0 Å². The summed E-state index contributed by atoms with van der Waals surface area (Å²) in [5.74, 6) is -0.757. The van der Waals surface area contributed by atoms with Gasteiger partial charge in [-0.25, -0.2) is 4.79 Å². The van der Waals surface area contributed by atoms with Crippen LogP contribution in [0.4, 0.5) is 0 Å². The molecule has 0 bridgehead atoms. The zero-order chi connectivity index (χ0) is 6.57. The molecule has 0 aliphatic heterocycles. The molecule has 0 aromatic heterocycles. The van der Waals surface area contributed by atoms with E-state index < -0.39 is 5.97 Å². The lowest BCUT2D eigenvalue weighted by molar-refractivity contribution is -0.229. The molecule has 0 saturated heterocycles. The molecule has 0 radical (unpaired) electrons. The predicted molar refractivity (Wildman–Crippen MR) is 28.2 cm³/mol. The lowest BCUT2D eigenvalue weighted by atomic mass is 10.2. The predicted octanol–water partition coefficient (Wildman–Crippen LogP) is 0.969. The van der Waals surface area contributed by atoms with E-state index >= 15 is 0 Å². The normalized spacial score (nSPS) is 8.25. The third-order valence-corrected chi connectivity index (χ3v) is 0.798. The van der Waals surface area contributed by atoms with E-state index in [1.54, 1.807) is 6.92 Å². The summed E-state index contributed by atoms with van der Waals surface area (Å²) < 4.78 is 0. The average molecular weight is 116 g/mol. The summed E-state index contributed by atoms with van der Waals surface area (Å²) in [4.78, 5) is 13.5. The Balaban J connectivity index is 3.64. The molecule has 0 amide bonds. The van der Waals surface area contributed by atoms with Gasteiger partial charge in [0.15, 0.2) is 0 Å². The average Bonchev–Trinajstić information content (AvgIpc) is 1.84. The van der Waals surface area contributed by atoms with E-state index in [1.807, 2.05) is 0 Å². The van der Waals surface area contributed by atoms with E-state index in [0.29, 0.717) is 6.42 Å². The van der Waals surface area contributed by atoms with Crippen LogP contribution in [0.5, 0.6) is 0 Å². The van der Waals surface area contributed by atoms with E-state index in [1.165, 1.54) is 0 Å². The van der Waals surface area contributed by atoms with Gasteiger partial charge in [-0.1, -0.05) is 13.5 Å². The van der Waals surface area contributed by atoms with Gasteiger partial charge in [0.1, 0.15) is 0 Å². The summed E-state index contributed by atoms with van der Waals surface area (Å²) in [6.45, 7) is 5.06. The molecule has 0 aromatic rings. The Bertz CT molecular complexity index is 92.2. The molecule has 0 aromatic carbocycles. The van der Waals surface area contributed by atoms with Crippen molar-refractivity contribution in [2.45, 2.75) is 13.3 Å². The van der Waals surface area contributed by atoms with Crippen molar-refractivity contribution in [2.24, 2.45) is 0 Å². The number of hydrogen-bond donors (Lipinski definition) is 1. The molecule has 0 spiro atoms. The van der Waals surface area contributed by atoms with E-state index in [2.05, 4.69) is 11.5 Å². The third kappa shape index (κ3) is 1.75. The molecule has 8 heavy (non-hydrogen) atoms. The topological polar surface area (TPSA) is 46.5 Å². The summed E-state index contributed by atoms with van der Waals surface area (Å²) in [7, 11) is 0. The smallest absolute Gasteiger partial charge is 0.296 e. The third-order valence-electron chi connectivity index (χ3n) is 0.798. The maximum atomic E-state index is 10.2. The van der Waals surface area contributed by atoms with Crippen molar-refractivity contribution < 1.29 is 14.9 Å². The molecule has 0 atom stereocenters. The Hall–Kier alpha value is -0.830. The van der Waals surface area contributed by atoms with Crippen LogP contribution in [-0.4, -0.2) is 11.2 Å². The molecule has 0 aliphatic carbocycles. The zero-order valence-corrected chi connectivity index (χ0v) is 4.68. The lowest BCUT2D eigenvalue weighted by Gasteiger charge is -1.93. The number of carbonyl (C=O) groups excluding carboxylic acids is 1. The van der Waals surface area contributed by atoms with E-state index in [0.717, 1.165) is 0 Å². The van der Waals surface area contributed by atoms with E-state index in [-0.39, 0.29) is 5.57 Å². The highest BCUT2D eigenvalue weighted by atomic mass is 17.1. The summed E-state index contributed by atoms with van der Waals surface area (Å²) >= 11 is 0. The molecule has 0 unspecified atom stereocenters. The monoisotopic (exact) mass is 116 g/mol. The minimum Gasteiger partial charge on any atom is -0.296 e. The second-order valence-corrected chi connectivity index (χ2v) is 1.34. The quantitative estimate of drug-likeness (QED) is 0.332. The Morgan fingerprint density at radius 3 is 2.50 bits per heavy atom. The van der Waals surface area contributed by atoms with Crippen LogP contribution >= 0.6 is 0 Å². The van der Waals surface area contributed by atoms with Gasteiger partial charge in [-0.3, -0.25) is 4.89 Å². The second-order valence-electron chi connectivity index (χ2n) is 1.34. The first-order valence-electron chi connectivity index (χ1n) is 2.26. The molecule has 0 fully saturated rings. The summed E-state index contributed by atoms with van der Waals surface area (Å²) in [5.41, 5.74) is 0.271. The van der Waals surface area contributed by atoms with Gasteiger partial charge in [0.2, 0.25) is 0 Å². The Kier molecular flexibility index (Phi) is 2.88. The summed E-state index contributed by atoms with van der Waals surface area (Å²) in [6.07, 6.45) is 0.499. The maximum absolute atomic E-state index is 10.2. The highest BCUT2D eigenvalue weighted by Gasteiger charge is 2.03. The van der Waals surface area contributed by atoms with Gasteiger partial charge < -0.3 is 0 Å². The number of hydrogen-bond acceptors (Lipinski definition) is 3. The molecule has 3 nitrogen and oxygen atoms in total. The Labute approximate surface area is 47.5 Å². The first kappa shape index (κ1) is 7.17. The van der Waals surface area contributed by atoms with Crippen LogP contribution in [0.15, 0.2) is 12.2 Å². The van der Waals surface area contributed by atoms with Crippen LogP contribution in [0.3, 0.4) is 0 Å². The highest BCUT2D eigenvalue weighted by Crippen LogP contribution is 1.96. The summed E-state index contributed by atoms with van der Waals surface area (Å²) in [5, 5.41) is 7.73. The van der Waals surface area contributed by atoms with Gasteiger partial charge in [0.05, 0.1) is 0 Å². The largest absolute Gasteiger partial charge is 0.368 e. The van der Waals surface area contributed by atoms with Gasteiger partial charge in [-0.2, -0.15) is 5.26 Å². The van der Waals surface area contributed by atoms with Crippen LogP contribution in [-0.2, 0) is 9.68 Å². The van der Waals surface area contributed by atoms with Crippen molar-refractivity contribution in [1.29, 1.82) is 0 Å². The fraction of sp³-hybridized carbons (Fsp3) is 0.400. The van der Waals surface area contributed by atoms with Gasteiger partial charge >= 0.3 is 5.97 Å². The fourth-order valence-corrected chi connectivity index (χ4v) is 0.209. The van der Waals surface area contributed by atoms with E-state index in [4.69, 9.17) is 5.26 Å². The summed E-state index contributed by atoms with van der Waals surface area (Å²) in [6, 6.07) is 0. The molecule has 0 heterocycles. The lowest BCUT2D eigenvalue weighted by Crippen LogP contribution is -2.02. The van der Waals surface area contributed by atoms with E-state index in [9.17, 15) is 4.79 Å². The van der Waals surface area contributed by atoms with Crippen LogP contribution in [0.1, 0.15) is 13.3 Å². The molecule has 46 valence electrons. The van der Waals surface area contributed by atoms with Crippen molar-refractivity contribution in [3.63, 3.8) is 0 Å². The van der Waals surface area contributed by atoms with Crippen molar-refractivity contribution in [2.75, 3.05) is 0 Å². The molecule has 1 N–H and O–H groups in total. The fourth-order valence-electron chi connectivity index (χ4n) is 0.209. The molecular formula is C5H8O3. The van der Waals surface area contributed by atoms with Crippen LogP contribution in [0.25, 0.3) is 0 Å². The first-order chi connectivity index (χ1) is 3.72. The standard InChI is InChI=1S/C5H8O3/c1-3-4(2)5(6)8-7/h7H,2-3H2,1H3. The molecule has 0 aliphatic rings. The van der Waals surface area contributed by atoms with Crippen molar-refractivity contribution in [3.05, 3.63) is 12.2 Å². The minimum atomic E-state index is -0.757. The Morgan fingerprint density at radius 2 is 2.38 bits per heavy atom. The SMILES string of the molecule is C=C(CC)C(=O)OO. The van der Waals surface area contributed by atoms with Crippen LogP contribution in [0.2, 0.25) is 0 Å². The molecular weight excluding hydrogens is 108 g/mol. The van der Waals surface area contributed by atoms with Gasteiger partial charge in [-0.15, -0.1) is 0 Å².